The molecule has 0 aliphatic carbocycles. The highest BCUT2D eigenvalue weighted by Gasteiger charge is 2.18. The average molecular weight is 381 g/mol. The van der Waals surface area contributed by atoms with Gasteiger partial charge in [-0.2, -0.15) is 5.10 Å². The normalized spacial score (nSPS) is 11.6. The average Bonchev–Trinajstić information content (AvgIpc) is 3.23. The highest BCUT2D eigenvalue weighted by atomic mass is 16.5. The molecule has 0 bridgehead atoms. The molecule has 0 aliphatic rings. The first kappa shape index (κ1) is 19.3. The van der Waals surface area contributed by atoms with Gasteiger partial charge in [-0.1, -0.05) is 0 Å². The van der Waals surface area contributed by atoms with Crippen molar-refractivity contribution >= 4 is 5.91 Å². The molecule has 1 amide bonds. The minimum atomic E-state index is -0.287. The molecule has 1 unspecified atom stereocenters. The van der Waals surface area contributed by atoms with Crippen LogP contribution in [-0.4, -0.2) is 37.4 Å². The number of benzene rings is 2. The third-order valence-corrected chi connectivity index (χ3v) is 4.46. The summed E-state index contributed by atoms with van der Waals surface area (Å²) >= 11 is 0. The summed E-state index contributed by atoms with van der Waals surface area (Å²) in [6, 6.07) is 14.4. The fourth-order valence-corrected chi connectivity index (χ4v) is 2.88. The maximum atomic E-state index is 12.7. The molecular formula is C21H23N3O4. The molecule has 0 fully saturated rings. The summed E-state index contributed by atoms with van der Waals surface area (Å²) in [6.45, 7) is 1.88. The van der Waals surface area contributed by atoms with Crippen molar-refractivity contribution in [1.29, 1.82) is 0 Å². The summed E-state index contributed by atoms with van der Waals surface area (Å²) in [5.41, 5.74) is 2.77. The van der Waals surface area contributed by atoms with Gasteiger partial charge in [0.05, 0.1) is 33.1 Å². The minimum absolute atomic E-state index is 0.260. The smallest absolute Gasteiger partial charge is 0.269 e. The van der Waals surface area contributed by atoms with Crippen LogP contribution >= 0.6 is 0 Å². The molecular weight excluding hydrogens is 358 g/mol. The van der Waals surface area contributed by atoms with E-state index < -0.39 is 0 Å². The molecule has 1 atom stereocenters. The molecule has 1 heterocycles. The van der Waals surface area contributed by atoms with Crippen LogP contribution in [0.1, 0.15) is 29.0 Å². The fourth-order valence-electron chi connectivity index (χ4n) is 2.88. The van der Waals surface area contributed by atoms with Gasteiger partial charge in [-0.25, -0.2) is 0 Å². The van der Waals surface area contributed by atoms with Crippen LogP contribution in [0.3, 0.4) is 0 Å². The number of nitrogens with zero attached hydrogens (tertiary/aromatic N) is 1. The summed E-state index contributed by atoms with van der Waals surface area (Å²) < 4.78 is 15.8. The summed E-state index contributed by atoms with van der Waals surface area (Å²) in [7, 11) is 4.81. The van der Waals surface area contributed by atoms with Crippen molar-refractivity contribution in [3.63, 3.8) is 0 Å². The molecule has 1 aromatic heterocycles. The largest absolute Gasteiger partial charge is 0.497 e. The topological polar surface area (TPSA) is 85.5 Å². The van der Waals surface area contributed by atoms with Crippen LogP contribution in [-0.2, 0) is 0 Å². The second-order valence-electron chi connectivity index (χ2n) is 6.20. The molecule has 7 nitrogen and oxygen atoms in total. The van der Waals surface area contributed by atoms with Crippen molar-refractivity contribution in [2.75, 3.05) is 21.3 Å². The second kappa shape index (κ2) is 8.47. The third-order valence-electron chi connectivity index (χ3n) is 4.46. The maximum absolute atomic E-state index is 12.7. The van der Waals surface area contributed by atoms with Crippen LogP contribution in [0.4, 0.5) is 0 Å². The van der Waals surface area contributed by atoms with Crippen molar-refractivity contribution in [3.8, 4) is 28.5 Å². The van der Waals surface area contributed by atoms with Crippen molar-refractivity contribution in [2.45, 2.75) is 13.0 Å². The van der Waals surface area contributed by atoms with E-state index in [4.69, 9.17) is 14.2 Å². The van der Waals surface area contributed by atoms with Gasteiger partial charge in [0.2, 0.25) is 0 Å². The third kappa shape index (κ3) is 4.09. The summed E-state index contributed by atoms with van der Waals surface area (Å²) in [4.78, 5) is 12.7. The number of aromatic nitrogens is 2. The van der Waals surface area contributed by atoms with Crippen molar-refractivity contribution < 1.29 is 19.0 Å². The maximum Gasteiger partial charge on any atom is 0.269 e. The SMILES string of the molecule is COc1ccc(-c2cc(C(=O)NC(C)c3cc(OC)ccc3OC)[nH]n2)cc1. The molecule has 0 saturated carbocycles. The second-order valence-corrected chi connectivity index (χ2v) is 6.20. The van der Waals surface area contributed by atoms with Gasteiger partial charge >= 0.3 is 0 Å². The Morgan fingerprint density at radius 3 is 2.29 bits per heavy atom. The highest BCUT2D eigenvalue weighted by molar-refractivity contribution is 5.93. The van der Waals surface area contributed by atoms with Crippen molar-refractivity contribution in [3.05, 3.63) is 59.8 Å². The standard InChI is InChI=1S/C21H23N3O4/c1-13(17-11-16(27-3)9-10-20(17)28-4)22-21(25)19-12-18(23-24-19)14-5-7-15(26-2)8-6-14/h5-13H,1-4H3,(H,22,25)(H,23,24). The van der Waals surface area contributed by atoms with E-state index in [0.29, 0.717) is 22.9 Å². The zero-order valence-corrected chi connectivity index (χ0v) is 16.3. The lowest BCUT2D eigenvalue weighted by Crippen LogP contribution is -2.27. The molecule has 28 heavy (non-hydrogen) atoms. The minimum Gasteiger partial charge on any atom is -0.497 e. The van der Waals surface area contributed by atoms with E-state index in [-0.39, 0.29) is 11.9 Å². The molecule has 0 radical (unpaired) electrons. The van der Waals surface area contributed by atoms with E-state index in [1.165, 1.54) is 0 Å². The van der Waals surface area contributed by atoms with Gasteiger partial charge in [0.1, 0.15) is 22.9 Å². The number of carbonyl (C=O) groups is 1. The Balaban J connectivity index is 1.75. The number of carbonyl (C=O) groups excluding carboxylic acids is 1. The lowest BCUT2D eigenvalue weighted by molar-refractivity contribution is 0.0934. The number of hydrogen-bond donors (Lipinski definition) is 2. The first-order valence-corrected chi connectivity index (χ1v) is 8.78. The Kier molecular flexibility index (Phi) is 5.84. The van der Waals surface area contributed by atoms with E-state index in [1.54, 1.807) is 27.4 Å². The zero-order chi connectivity index (χ0) is 20.1. The van der Waals surface area contributed by atoms with E-state index >= 15 is 0 Å². The molecule has 3 rings (SSSR count). The van der Waals surface area contributed by atoms with Crippen LogP contribution in [0.5, 0.6) is 17.2 Å². The number of hydrogen-bond acceptors (Lipinski definition) is 5. The van der Waals surface area contributed by atoms with E-state index in [1.807, 2.05) is 49.4 Å². The number of rotatable bonds is 7. The van der Waals surface area contributed by atoms with Gasteiger partial charge in [-0.15, -0.1) is 0 Å². The van der Waals surface area contributed by atoms with E-state index in [2.05, 4.69) is 15.5 Å². The molecule has 7 heteroatoms. The monoisotopic (exact) mass is 381 g/mol. The summed E-state index contributed by atoms with van der Waals surface area (Å²) in [5.74, 6) is 1.88. The first-order chi connectivity index (χ1) is 13.5. The number of nitrogens with one attached hydrogen (secondary N) is 2. The van der Waals surface area contributed by atoms with Crippen LogP contribution < -0.4 is 19.5 Å². The van der Waals surface area contributed by atoms with Crippen molar-refractivity contribution in [2.24, 2.45) is 0 Å². The van der Waals surface area contributed by atoms with Crippen LogP contribution in [0.2, 0.25) is 0 Å². The number of ether oxygens (including phenoxy) is 3. The zero-order valence-electron chi connectivity index (χ0n) is 16.3. The van der Waals surface area contributed by atoms with Gasteiger partial charge < -0.3 is 19.5 Å². The van der Waals surface area contributed by atoms with Gasteiger partial charge in [0.15, 0.2) is 0 Å². The predicted molar refractivity (Wildman–Crippen MR) is 106 cm³/mol. The lowest BCUT2D eigenvalue weighted by atomic mass is 10.1. The van der Waals surface area contributed by atoms with Crippen molar-refractivity contribution in [1.82, 2.24) is 15.5 Å². The first-order valence-electron chi connectivity index (χ1n) is 8.78. The fraction of sp³-hybridized carbons (Fsp3) is 0.238. The van der Waals surface area contributed by atoms with Gasteiger partial charge in [0.25, 0.3) is 5.91 Å². The van der Waals surface area contributed by atoms with Crippen LogP contribution in [0.15, 0.2) is 48.5 Å². The molecule has 0 aliphatic heterocycles. The number of H-pyrrole nitrogens is 1. The highest BCUT2D eigenvalue weighted by Crippen LogP contribution is 2.29. The Labute approximate surface area is 163 Å². The molecule has 2 N–H and O–H groups in total. The van der Waals surface area contributed by atoms with E-state index in [9.17, 15) is 4.79 Å². The Morgan fingerprint density at radius 1 is 0.964 bits per heavy atom. The molecule has 0 saturated heterocycles. The molecule has 146 valence electrons. The Hall–Kier alpha value is -3.48. The van der Waals surface area contributed by atoms with Gasteiger partial charge in [0, 0.05) is 11.1 Å². The Bertz CT molecular complexity index is 951. The quantitative estimate of drug-likeness (QED) is 0.653. The van der Waals surface area contributed by atoms with Crippen LogP contribution in [0, 0.1) is 0 Å². The lowest BCUT2D eigenvalue weighted by Gasteiger charge is -2.17. The number of amides is 1. The van der Waals surface area contributed by atoms with Crippen LogP contribution in [0.25, 0.3) is 11.3 Å². The van der Waals surface area contributed by atoms with Gasteiger partial charge in [-0.3, -0.25) is 9.89 Å². The summed E-state index contributed by atoms with van der Waals surface area (Å²) in [5, 5.41) is 9.98. The molecule has 2 aromatic carbocycles. The molecule has 0 spiro atoms. The number of methoxy groups -OCH3 is 3. The number of aromatic amines is 1. The predicted octanol–water partition coefficient (Wildman–Crippen LogP) is 3.59. The molecule has 3 aromatic rings. The van der Waals surface area contributed by atoms with E-state index in [0.717, 1.165) is 16.9 Å². The Morgan fingerprint density at radius 2 is 1.64 bits per heavy atom. The van der Waals surface area contributed by atoms with Gasteiger partial charge in [-0.05, 0) is 55.5 Å². The summed E-state index contributed by atoms with van der Waals surface area (Å²) in [6.07, 6.45) is 0.